The molecule has 0 spiro atoms. The number of ether oxygens (including phenoxy) is 1. The molecule has 0 saturated heterocycles. The maximum Gasteiger partial charge on any atom is 0.122 e. The van der Waals surface area contributed by atoms with E-state index in [1.54, 1.807) is 7.11 Å². The minimum absolute atomic E-state index is 0.521. The minimum atomic E-state index is 0.521. The van der Waals surface area contributed by atoms with Gasteiger partial charge in [0.15, 0.2) is 0 Å². The lowest BCUT2D eigenvalue weighted by Crippen LogP contribution is -2.24. The van der Waals surface area contributed by atoms with E-state index in [0.29, 0.717) is 6.67 Å². The van der Waals surface area contributed by atoms with Crippen molar-refractivity contribution in [1.82, 2.24) is 5.32 Å². The fourth-order valence-electron chi connectivity index (χ4n) is 1.78. The molecule has 3 nitrogen and oxygen atoms in total. The van der Waals surface area contributed by atoms with Gasteiger partial charge in [-0.2, -0.15) is 0 Å². The Morgan fingerprint density at radius 2 is 2.07 bits per heavy atom. The Labute approximate surface area is 91.6 Å². The third kappa shape index (κ3) is 3.22. The predicted octanol–water partition coefficient (Wildman–Crippen LogP) is 1.36. The highest BCUT2D eigenvalue weighted by molar-refractivity contribution is 5.43. The second kappa shape index (κ2) is 5.73. The highest BCUT2D eigenvalue weighted by atomic mass is 16.5. The van der Waals surface area contributed by atoms with E-state index in [4.69, 9.17) is 10.5 Å². The molecule has 0 bridgehead atoms. The highest BCUT2D eigenvalue weighted by Gasteiger charge is 2.06. The zero-order chi connectivity index (χ0) is 11.3. The summed E-state index contributed by atoms with van der Waals surface area (Å²) in [6.45, 7) is 5.61. The topological polar surface area (TPSA) is 47.3 Å². The van der Waals surface area contributed by atoms with Crippen LogP contribution in [-0.2, 0) is 6.42 Å². The molecule has 0 heterocycles. The van der Waals surface area contributed by atoms with Gasteiger partial charge < -0.3 is 15.8 Å². The number of benzene rings is 1. The Morgan fingerprint density at radius 3 is 2.67 bits per heavy atom. The standard InChI is InChI=1S/C12H20N2O/c1-9-6-10(2)11(4-5-14-8-13)12(7-9)15-3/h6-7,14H,4-5,8,13H2,1-3H3. The molecular weight excluding hydrogens is 188 g/mol. The number of nitrogens with two attached hydrogens (primary N) is 1. The SMILES string of the molecule is COc1cc(C)cc(C)c1CCNCN. The van der Waals surface area contributed by atoms with Crippen molar-refractivity contribution in [2.75, 3.05) is 20.3 Å². The summed E-state index contributed by atoms with van der Waals surface area (Å²) in [5, 5.41) is 3.11. The van der Waals surface area contributed by atoms with Crippen molar-refractivity contribution >= 4 is 0 Å². The average molecular weight is 208 g/mol. The third-order valence-corrected chi connectivity index (χ3v) is 2.49. The summed E-state index contributed by atoms with van der Waals surface area (Å²) < 4.78 is 5.38. The summed E-state index contributed by atoms with van der Waals surface area (Å²) in [6.07, 6.45) is 0.951. The highest BCUT2D eigenvalue weighted by Crippen LogP contribution is 2.24. The summed E-state index contributed by atoms with van der Waals surface area (Å²) >= 11 is 0. The number of rotatable bonds is 5. The molecule has 0 aliphatic carbocycles. The molecule has 3 N–H and O–H groups in total. The number of hydrogen-bond acceptors (Lipinski definition) is 3. The van der Waals surface area contributed by atoms with Crippen LogP contribution in [0.1, 0.15) is 16.7 Å². The fraction of sp³-hybridized carbons (Fsp3) is 0.500. The number of nitrogens with one attached hydrogen (secondary N) is 1. The van der Waals surface area contributed by atoms with Gasteiger partial charge >= 0.3 is 0 Å². The first-order valence-electron chi connectivity index (χ1n) is 5.24. The maximum absolute atomic E-state index is 5.38. The monoisotopic (exact) mass is 208 g/mol. The molecule has 1 aromatic rings. The Balaban J connectivity index is 2.84. The van der Waals surface area contributed by atoms with Crippen molar-refractivity contribution in [3.63, 3.8) is 0 Å². The van der Waals surface area contributed by atoms with Crippen LogP contribution < -0.4 is 15.8 Å². The van der Waals surface area contributed by atoms with Gasteiger partial charge in [-0.05, 0) is 43.0 Å². The van der Waals surface area contributed by atoms with Gasteiger partial charge in [0.1, 0.15) is 5.75 Å². The summed E-state index contributed by atoms with van der Waals surface area (Å²) in [5.41, 5.74) is 9.17. The Kier molecular flexibility index (Phi) is 4.59. The van der Waals surface area contributed by atoms with Crippen LogP contribution in [0.15, 0.2) is 12.1 Å². The van der Waals surface area contributed by atoms with Gasteiger partial charge in [-0.25, -0.2) is 0 Å². The molecule has 0 aliphatic heterocycles. The molecule has 0 aromatic heterocycles. The maximum atomic E-state index is 5.38. The van der Waals surface area contributed by atoms with Crippen LogP contribution in [0.4, 0.5) is 0 Å². The molecule has 84 valence electrons. The van der Waals surface area contributed by atoms with Crippen molar-refractivity contribution < 1.29 is 4.74 Å². The molecule has 0 amide bonds. The first-order chi connectivity index (χ1) is 7.19. The van der Waals surface area contributed by atoms with Gasteiger partial charge in [-0.15, -0.1) is 0 Å². The summed E-state index contributed by atoms with van der Waals surface area (Å²) in [5.74, 6) is 0.978. The Bertz CT molecular complexity index is 324. The molecule has 0 radical (unpaired) electrons. The van der Waals surface area contributed by atoms with Crippen LogP contribution >= 0.6 is 0 Å². The molecule has 0 fully saturated rings. The van der Waals surface area contributed by atoms with E-state index in [-0.39, 0.29) is 0 Å². The van der Waals surface area contributed by atoms with Crippen molar-refractivity contribution in [1.29, 1.82) is 0 Å². The van der Waals surface area contributed by atoms with Gasteiger partial charge in [0, 0.05) is 13.2 Å². The molecule has 0 aliphatic rings. The Morgan fingerprint density at radius 1 is 1.33 bits per heavy atom. The largest absolute Gasteiger partial charge is 0.496 e. The number of hydrogen-bond donors (Lipinski definition) is 2. The van der Waals surface area contributed by atoms with E-state index < -0.39 is 0 Å². The molecule has 0 saturated carbocycles. The first kappa shape index (κ1) is 12.0. The van der Waals surface area contributed by atoms with E-state index in [2.05, 4.69) is 31.3 Å². The molecular formula is C12H20N2O. The summed E-state index contributed by atoms with van der Waals surface area (Å²) in [4.78, 5) is 0. The smallest absolute Gasteiger partial charge is 0.122 e. The van der Waals surface area contributed by atoms with Gasteiger partial charge in [0.2, 0.25) is 0 Å². The van der Waals surface area contributed by atoms with Crippen molar-refractivity contribution in [2.24, 2.45) is 5.73 Å². The molecule has 3 heteroatoms. The lowest BCUT2D eigenvalue weighted by molar-refractivity contribution is 0.408. The van der Waals surface area contributed by atoms with Gasteiger partial charge in [-0.3, -0.25) is 0 Å². The second-order valence-electron chi connectivity index (χ2n) is 3.72. The van der Waals surface area contributed by atoms with Crippen LogP contribution in [0, 0.1) is 13.8 Å². The quantitative estimate of drug-likeness (QED) is 0.567. The molecule has 1 rings (SSSR count). The molecule has 0 unspecified atom stereocenters. The van der Waals surface area contributed by atoms with E-state index in [1.807, 2.05) is 0 Å². The van der Waals surface area contributed by atoms with Crippen LogP contribution in [0.5, 0.6) is 5.75 Å². The van der Waals surface area contributed by atoms with Gasteiger partial charge in [0.25, 0.3) is 0 Å². The number of aryl methyl sites for hydroxylation is 2. The van der Waals surface area contributed by atoms with Crippen LogP contribution in [0.2, 0.25) is 0 Å². The fourth-order valence-corrected chi connectivity index (χ4v) is 1.78. The third-order valence-electron chi connectivity index (χ3n) is 2.49. The van der Waals surface area contributed by atoms with Crippen molar-refractivity contribution in [3.8, 4) is 5.75 Å². The van der Waals surface area contributed by atoms with Crippen molar-refractivity contribution in [2.45, 2.75) is 20.3 Å². The minimum Gasteiger partial charge on any atom is -0.496 e. The lowest BCUT2D eigenvalue weighted by Gasteiger charge is -2.13. The first-order valence-corrected chi connectivity index (χ1v) is 5.24. The van der Waals surface area contributed by atoms with Gasteiger partial charge in [-0.1, -0.05) is 6.07 Å². The molecule has 0 atom stereocenters. The van der Waals surface area contributed by atoms with E-state index >= 15 is 0 Å². The zero-order valence-corrected chi connectivity index (χ0v) is 9.76. The van der Waals surface area contributed by atoms with E-state index in [1.165, 1.54) is 16.7 Å². The van der Waals surface area contributed by atoms with E-state index in [0.717, 1.165) is 18.7 Å². The van der Waals surface area contributed by atoms with Crippen LogP contribution in [0.25, 0.3) is 0 Å². The zero-order valence-electron chi connectivity index (χ0n) is 9.76. The number of methoxy groups -OCH3 is 1. The second-order valence-corrected chi connectivity index (χ2v) is 3.72. The molecule has 1 aromatic carbocycles. The average Bonchev–Trinajstić information content (AvgIpc) is 2.20. The normalized spacial score (nSPS) is 10.4. The summed E-state index contributed by atoms with van der Waals surface area (Å²) in [6, 6.07) is 4.26. The van der Waals surface area contributed by atoms with Crippen LogP contribution in [-0.4, -0.2) is 20.3 Å². The molecule has 15 heavy (non-hydrogen) atoms. The van der Waals surface area contributed by atoms with Crippen molar-refractivity contribution in [3.05, 3.63) is 28.8 Å². The lowest BCUT2D eigenvalue weighted by atomic mass is 10.0. The van der Waals surface area contributed by atoms with Gasteiger partial charge in [0.05, 0.1) is 7.11 Å². The van der Waals surface area contributed by atoms with Crippen LogP contribution in [0.3, 0.4) is 0 Å². The predicted molar refractivity (Wildman–Crippen MR) is 63.2 cm³/mol. The Hall–Kier alpha value is -1.06. The summed E-state index contributed by atoms with van der Waals surface area (Å²) in [7, 11) is 1.72. The van der Waals surface area contributed by atoms with E-state index in [9.17, 15) is 0 Å².